The summed E-state index contributed by atoms with van der Waals surface area (Å²) >= 11 is 8.86. The first-order chi connectivity index (χ1) is 9.94. The molecule has 0 aliphatic carbocycles. The maximum atomic E-state index is 11.7. The van der Waals surface area contributed by atoms with Gasteiger partial charge >= 0.3 is 5.97 Å². The number of carbonyl (C=O) groups is 2. The van der Waals surface area contributed by atoms with E-state index in [1.807, 2.05) is 6.92 Å². The molecule has 0 saturated heterocycles. The number of aryl methyl sites for hydroxylation is 1. The molecule has 0 fully saturated rings. The zero-order chi connectivity index (χ0) is 15.4. The van der Waals surface area contributed by atoms with E-state index in [1.54, 1.807) is 0 Å². The number of rotatable bonds is 6. The van der Waals surface area contributed by atoms with E-state index in [1.165, 1.54) is 39.5 Å². The molecule has 21 heavy (non-hydrogen) atoms. The topological polar surface area (TPSA) is 108 Å². The quantitative estimate of drug-likeness (QED) is 0.734. The molecule has 1 atom stereocenters. The molecule has 1 aromatic rings. The van der Waals surface area contributed by atoms with Gasteiger partial charge in [-0.2, -0.15) is 4.41 Å². The minimum absolute atomic E-state index is 0.0877. The normalized spacial score (nSPS) is 17.7. The molecule has 0 saturated carbocycles. The van der Waals surface area contributed by atoms with Crippen molar-refractivity contribution in [1.29, 1.82) is 0 Å². The number of hydrazone groups is 1. The summed E-state index contributed by atoms with van der Waals surface area (Å²) in [6, 6.07) is 0. The van der Waals surface area contributed by atoms with Gasteiger partial charge in [0.2, 0.25) is 5.91 Å². The Bertz CT molecular complexity index is 577. The molecule has 2 heterocycles. The Kier molecular flexibility index (Phi) is 5.61. The van der Waals surface area contributed by atoms with E-state index in [2.05, 4.69) is 20.6 Å². The molecule has 0 spiro atoms. The molecule has 12 heteroatoms. The van der Waals surface area contributed by atoms with E-state index in [0.29, 0.717) is 8.72 Å². The lowest BCUT2D eigenvalue weighted by atomic mass is 10.3. The van der Waals surface area contributed by atoms with Crippen molar-refractivity contribution in [2.24, 2.45) is 5.10 Å². The largest absolute Gasteiger partial charge is 0.481 e. The summed E-state index contributed by atoms with van der Waals surface area (Å²) < 4.78 is 2.62. The van der Waals surface area contributed by atoms with E-state index in [9.17, 15) is 9.59 Å². The first kappa shape index (κ1) is 16.3. The third-order valence-electron chi connectivity index (χ3n) is 2.12. The molecule has 1 aliphatic rings. The number of nitrogens with one attached hydrogen (secondary N) is 1. The molecule has 2 N–H and O–H groups in total. The predicted molar refractivity (Wildman–Crippen MR) is 83.8 cm³/mol. The van der Waals surface area contributed by atoms with Crippen LogP contribution in [-0.4, -0.2) is 41.5 Å². The highest BCUT2D eigenvalue weighted by Gasteiger charge is 2.30. The molecule has 1 aromatic heterocycles. The van der Waals surface area contributed by atoms with Gasteiger partial charge in [0.15, 0.2) is 14.2 Å². The number of nitrogens with zero attached hydrogens (tertiary/aromatic N) is 4. The van der Waals surface area contributed by atoms with Gasteiger partial charge in [-0.05, 0) is 31.3 Å². The average molecular weight is 364 g/mol. The van der Waals surface area contributed by atoms with Gasteiger partial charge in [-0.15, -0.1) is 15.3 Å². The Morgan fingerprint density at radius 1 is 1.48 bits per heavy atom. The Morgan fingerprint density at radius 2 is 2.24 bits per heavy atom. The zero-order valence-corrected chi connectivity index (χ0v) is 13.9. The molecule has 1 radical (unpaired) electrons. The van der Waals surface area contributed by atoms with Gasteiger partial charge in [0.25, 0.3) is 0 Å². The van der Waals surface area contributed by atoms with Gasteiger partial charge in [-0.1, -0.05) is 11.3 Å². The summed E-state index contributed by atoms with van der Waals surface area (Å²) in [5, 5.41) is 24.1. The predicted octanol–water partition coefficient (Wildman–Crippen LogP) is 1.64. The van der Waals surface area contributed by atoms with Crippen LogP contribution >= 0.6 is 47.7 Å². The summed E-state index contributed by atoms with van der Waals surface area (Å²) in [6.45, 7) is 1.84. The highest BCUT2D eigenvalue weighted by Crippen LogP contribution is 2.36. The van der Waals surface area contributed by atoms with Gasteiger partial charge in [-0.25, -0.2) is 0 Å². The number of aromatic nitrogens is 2. The van der Waals surface area contributed by atoms with Crippen molar-refractivity contribution < 1.29 is 14.7 Å². The van der Waals surface area contributed by atoms with Crippen LogP contribution in [0.1, 0.15) is 17.8 Å². The zero-order valence-electron chi connectivity index (χ0n) is 10.7. The molecule has 1 unspecified atom stereocenters. The molecule has 1 amide bonds. The molecule has 2 rings (SSSR count). The molecular weight excluding hydrogens is 354 g/mol. The fourth-order valence-corrected chi connectivity index (χ4v) is 4.32. The summed E-state index contributed by atoms with van der Waals surface area (Å²) in [4.78, 5) is 22.1. The van der Waals surface area contributed by atoms with Crippen LogP contribution in [-0.2, 0) is 9.59 Å². The minimum atomic E-state index is -1.01. The third kappa shape index (κ3) is 4.98. The number of aliphatic carboxylic acids is 1. The summed E-state index contributed by atoms with van der Waals surface area (Å²) in [5.41, 5.74) is -0.479. The van der Waals surface area contributed by atoms with Gasteiger partial charge < -0.3 is 10.4 Å². The van der Waals surface area contributed by atoms with Crippen LogP contribution in [0.2, 0.25) is 0 Å². The lowest BCUT2D eigenvalue weighted by Gasteiger charge is -2.20. The van der Waals surface area contributed by atoms with Crippen LogP contribution in [0.5, 0.6) is 0 Å². The van der Waals surface area contributed by atoms with Crippen molar-refractivity contribution >= 4 is 63.9 Å². The molecule has 1 aliphatic heterocycles. The minimum Gasteiger partial charge on any atom is -0.481 e. The number of carboxylic acids is 1. The van der Waals surface area contributed by atoms with E-state index in [-0.39, 0.29) is 18.7 Å². The van der Waals surface area contributed by atoms with Crippen LogP contribution in [0.4, 0.5) is 0 Å². The van der Waals surface area contributed by atoms with Crippen LogP contribution in [0.15, 0.2) is 9.44 Å². The van der Waals surface area contributed by atoms with Gasteiger partial charge in [-0.3, -0.25) is 9.59 Å². The van der Waals surface area contributed by atoms with E-state index in [4.69, 9.17) is 17.7 Å². The molecule has 113 valence electrons. The fourth-order valence-electron chi connectivity index (χ4n) is 1.28. The van der Waals surface area contributed by atoms with Crippen LogP contribution in [0, 0.1) is 6.92 Å². The second-order valence-electron chi connectivity index (χ2n) is 3.78. The van der Waals surface area contributed by atoms with Gasteiger partial charge in [0, 0.05) is 18.4 Å². The summed E-state index contributed by atoms with van der Waals surface area (Å²) in [5.74, 6) is -1.38. The number of carbonyl (C=O) groups excluding carboxylic acids is 1. The lowest BCUT2D eigenvalue weighted by molar-refractivity contribution is -0.138. The van der Waals surface area contributed by atoms with Gasteiger partial charge in [0.05, 0.1) is 6.42 Å². The molecule has 0 bridgehead atoms. The molecule has 8 nitrogen and oxygen atoms in total. The van der Waals surface area contributed by atoms with Crippen LogP contribution < -0.4 is 5.32 Å². The second-order valence-corrected chi connectivity index (χ2v) is 7.88. The number of amides is 1. The molecular formula is C9H10N5O3S4. The highest BCUT2D eigenvalue weighted by molar-refractivity contribution is 8.33. The number of thioether (sulfide) groups is 1. The van der Waals surface area contributed by atoms with Crippen molar-refractivity contribution in [2.45, 2.75) is 29.6 Å². The smallest absolute Gasteiger partial charge is 0.303 e. The fraction of sp³-hybridized carbons (Fsp3) is 0.444. The maximum Gasteiger partial charge on any atom is 0.303 e. The van der Waals surface area contributed by atoms with E-state index < -0.39 is 11.5 Å². The van der Waals surface area contributed by atoms with Crippen molar-refractivity contribution in [3.8, 4) is 0 Å². The van der Waals surface area contributed by atoms with Gasteiger partial charge in [0.1, 0.15) is 5.01 Å². The summed E-state index contributed by atoms with van der Waals surface area (Å²) in [7, 11) is 0. The first-order valence-electron chi connectivity index (χ1n) is 5.65. The monoisotopic (exact) mass is 364 g/mol. The third-order valence-corrected chi connectivity index (χ3v) is 5.27. The second kappa shape index (κ2) is 7.24. The van der Waals surface area contributed by atoms with E-state index in [0.717, 1.165) is 5.01 Å². The van der Waals surface area contributed by atoms with Crippen molar-refractivity contribution in [3.05, 3.63) is 5.01 Å². The summed E-state index contributed by atoms with van der Waals surface area (Å²) in [6.07, 6.45) is -0.302. The number of carboxylic acid groups (broad SMARTS) is 1. The number of hydrogen-bond donors (Lipinski definition) is 2. The molecule has 0 aromatic carbocycles. The highest BCUT2D eigenvalue weighted by atomic mass is 32.2. The average Bonchev–Trinajstić information content (AvgIpc) is 2.94. The van der Waals surface area contributed by atoms with Crippen molar-refractivity contribution in [1.82, 2.24) is 19.9 Å². The Labute approximate surface area is 138 Å². The van der Waals surface area contributed by atoms with Crippen molar-refractivity contribution in [2.75, 3.05) is 0 Å². The standard InChI is InChI=1S/C9H10N5O3S4/c1-4-11-12-9(19-4)21-14-7(20-8(18)13-14)10-5(15)2-3-6(16)17/h7H,2-3H2,1H3,(H,10,15)(H,16,17). The van der Waals surface area contributed by atoms with E-state index >= 15 is 0 Å². The lowest BCUT2D eigenvalue weighted by Crippen LogP contribution is -2.38. The Hall–Kier alpha value is -1.11. The Balaban J connectivity index is 1.92. The van der Waals surface area contributed by atoms with Crippen LogP contribution in [0.3, 0.4) is 0 Å². The first-order valence-corrected chi connectivity index (χ1v) is 8.52. The van der Waals surface area contributed by atoms with Crippen molar-refractivity contribution in [3.63, 3.8) is 0 Å². The number of hydrogen-bond acceptors (Lipinski definition) is 9. The SMILES string of the molecule is Cc1nnc(SN2N=C([S])SC2NC(=O)CCC(=O)O)s1. The Morgan fingerprint density at radius 3 is 2.86 bits per heavy atom. The maximum absolute atomic E-state index is 11.7. The van der Waals surface area contributed by atoms with Crippen LogP contribution in [0.25, 0.3) is 0 Å².